The Balaban J connectivity index is 1.88. The number of nitrogens with zero attached hydrogens (tertiary/aromatic N) is 2. The van der Waals surface area contributed by atoms with Crippen LogP contribution in [0.4, 0.5) is 5.69 Å². The Bertz CT molecular complexity index is 696. The number of carbonyl (C=O) groups is 1. The molecule has 1 fully saturated rings. The number of likely N-dealkylation sites (tertiary alicyclic amines) is 1. The van der Waals surface area contributed by atoms with Gasteiger partial charge in [0, 0.05) is 24.2 Å². The zero-order valence-electron chi connectivity index (χ0n) is 11.6. The van der Waals surface area contributed by atoms with E-state index >= 15 is 0 Å². The number of thiazole rings is 1. The maximum absolute atomic E-state index is 12.3. The number of hydrogen-bond donors (Lipinski definition) is 1. The van der Waals surface area contributed by atoms with Crippen molar-refractivity contribution in [2.45, 2.75) is 19.4 Å². The highest BCUT2D eigenvalue weighted by Gasteiger charge is 2.20. The van der Waals surface area contributed by atoms with Crippen molar-refractivity contribution in [3.63, 3.8) is 0 Å². The molecule has 21 heavy (non-hydrogen) atoms. The van der Waals surface area contributed by atoms with E-state index in [2.05, 4.69) is 0 Å². The molecule has 5 nitrogen and oxygen atoms in total. The number of hydrogen-bond acceptors (Lipinski definition) is 4. The van der Waals surface area contributed by atoms with Crippen molar-refractivity contribution in [2.75, 3.05) is 18.8 Å². The van der Waals surface area contributed by atoms with Crippen LogP contribution in [0.3, 0.4) is 0 Å². The summed E-state index contributed by atoms with van der Waals surface area (Å²) in [5, 5.41) is 1.80. The molecule has 1 aromatic heterocycles. The van der Waals surface area contributed by atoms with Crippen molar-refractivity contribution >= 4 is 22.9 Å². The zero-order valence-corrected chi connectivity index (χ0v) is 12.4. The summed E-state index contributed by atoms with van der Waals surface area (Å²) >= 11 is 1.12. The monoisotopic (exact) mass is 303 g/mol. The molecule has 0 atom stereocenters. The average molecular weight is 303 g/mol. The molecule has 0 unspecified atom stereocenters. The summed E-state index contributed by atoms with van der Waals surface area (Å²) in [7, 11) is 0. The van der Waals surface area contributed by atoms with Gasteiger partial charge in [0.25, 0.3) is 0 Å². The van der Waals surface area contributed by atoms with Gasteiger partial charge in [-0.15, -0.1) is 0 Å². The first-order valence-electron chi connectivity index (χ1n) is 6.97. The minimum absolute atomic E-state index is 0.0182. The van der Waals surface area contributed by atoms with Gasteiger partial charge in [-0.1, -0.05) is 23.5 Å². The van der Waals surface area contributed by atoms with Gasteiger partial charge in [-0.05, 0) is 30.5 Å². The fourth-order valence-electron chi connectivity index (χ4n) is 2.56. The quantitative estimate of drug-likeness (QED) is 0.879. The number of benzene rings is 1. The van der Waals surface area contributed by atoms with Crippen molar-refractivity contribution in [3.05, 3.63) is 39.3 Å². The second-order valence-electron chi connectivity index (χ2n) is 5.18. The molecule has 2 N–H and O–H groups in total. The van der Waals surface area contributed by atoms with Crippen LogP contribution in [0.1, 0.15) is 12.8 Å². The first-order chi connectivity index (χ1) is 10.1. The number of rotatable bonds is 3. The SMILES string of the molecule is Nc1ccc(-c2csc(=O)n2CC(=O)N2CCCC2)cc1. The standard InChI is InChI=1S/C15H17N3O2S/c16-12-5-3-11(4-6-12)13-10-21-15(20)18(13)9-14(19)17-7-1-2-8-17/h3-6,10H,1-2,7-9,16H2. The summed E-state index contributed by atoms with van der Waals surface area (Å²) in [5.41, 5.74) is 8.04. The summed E-state index contributed by atoms with van der Waals surface area (Å²) in [6, 6.07) is 7.33. The molecule has 2 aromatic rings. The minimum atomic E-state index is -0.102. The molecule has 1 saturated heterocycles. The fraction of sp³-hybridized carbons (Fsp3) is 0.333. The van der Waals surface area contributed by atoms with E-state index in [1.807, 2.05) is 17.0 Å². The lowest BCUT2D eigenvalue weighted by Gasteiger charge is -2.16. The highest BCUT2D eigenvalue weighted by atomic mass is 32.1. The third-order valence-electron chi connectivity index (χ3n) is 3.74. The van der Waals surface area contributed by atoms with Crippen molar-refractivity contribution in [1.29, 1.82) is 0 Å². The minimum Gasteiger partial charge on any atom is -0.399 e. The predicted molar refractivity (Wildman–Crippen MR) is 84.2 cm³/mol. The lowest BCUT2D eigenvalue weighted by Crippen LogP contribution is -2.33. The molecule has 110 valence electrons. The van der Waals surface area contributed by atoms with Crippen LogP contribution >= 0.6 is 11.3 Å². The maximum Gasteiger partial charge on any atom is 0.308 e. The van der Waals surface area contributed by atoms with Crippen molar-refractivity contribution < 1.29 is 4.79 Å². The van der Waals surface area contributed by atoms with Gasteiger partial charge in [-0.25, -0.2) is 0 Å². The van der Waals surface area contributed by atoms with E-state index < -0.39 is 0 Å². The average Bonchev–Trinajstić information content (AvgIpc) is 3.11. The van der Waals surface area contributed by atoms with Gasteiger partial charge < -0.3 is 10.6 Å². The Morgan fingerprint density at radius 1 is 1.19 bits per heavy atom. The number of anilines is 1. The molecule has 6 heteroatoms. The Kier molecular flexibility index (Phi) is 3.79. The fourth-order valence-corrected chi connectivity index (χ4v) is 3.33. The van der Waals surface area contributed by atoms with Crippen molar-refractivity contribution in [3.8, 4) is 11.3 Å². The molecule has 0 radical (unpaired) electrons. The third kappa shape index (κ3) is 2.85. The molecule has 1 aliphatic rings. The van der Waals surface area contributed by atoms with E-state index in [4.69, 9.17) is 5.73 Å². The third-order valence-corrected chi connectivity index (χ3v) is 4.50. The first-order valence-corrected chi connectivity index (χ1v) is 7.85. The predicted octanol–water partition coefficient (Wildman–Crippen LogP) is 1.78. The molecular weight excluding hydrogens is 286 g/mol. The van der Waals surface area contributed by atoms with E-state index in [-0.39, 0.29) is 17.3 Å². The smallest absolute Gasteiger partial charge is 0.308 e. The van der Waals surface area contributed by atoms with E-state index in [0.717, 1.165) is 48.5 Å². The van der Waals surface area contributed by atoms with Gasteiger partial charge in [0.05, 0.1) is 5.69 Å². The lowest BCUT2D eigenvalue weighted by molar-refractivity contribution is -0.130. The molecule has 0 saturated carbocycles. The van der Waals surface area contributed by atoms with Crippen LogP contribution < -0.4 is 10.6 Å². The Hall–Kier alpha value is -2.08. The second kappa shape index (κ2) is 5.73. The topological polar surface area (TPSA) is 68.3 Å². The molecule has 1 amide bonds. The summed E-state index contributed by atoms with van der Waals surface area (Å²) in [6.07, 6.45) is 2.10. The number of nitrogens with two attached hydrogens (primary N) is 1. The Morgan fingerprint density at radius 3 is 2.52 bits per heavy atom. The van der Waals surface area contributed by atoms with Gasteiger partial charge in [-0.3, -0.25) is 14.2 Å². The summed E-state index contributed by atoms with van der Waals surface area (Å²) < 4.78 is 1.55. The number of nitrogen functional groups attached to an aromatic ring is 1. The van der Waals surface area contributed by atoms with Crippen molar-refractivity contribution in [1.82, 2.24) is 9.47 Å². The van der Waals surface area contributed by atoms with Crippen LogP contribution in [0.5, 0.6) is 0 Å². The van der Waals surface area contributed by atoms with Gasteiger partial charge in [-0.2, -0.15) is 0 Å². The first kappa shape index (κ1) is 13.9. The van der Waals surface area contributed by atoms with E-state index in [1.54, 1.807) is 22.1 Å². The number of carbonyl (C=O) groups excluding carboxylic acids is 1. The summed E-state index contributed by atoms with van der Waals surface area (Å²) in [5.74, 6) is 0.0182. The number of aromatic nitrogens is 1. The molecule has 0 aliphatic carbocycles. The van der Waals surface area contributed by atoms with Crippen LogP contribution in [-0.2, 0) is 11.3 Å². The van der Waals surface area contributed by atoms with Crippen LogP contribution in [0.2, 0.25) is 0 Å². The van der Waals surface area contributed by atoms with E-state index in [0.29, 0.717) is 5.69 Å². The number of amides is 1. The van der Waals surface area contributed by atoms with Gasteiger partial charge in [0.2, 0.25) is 5.91 Å². The molecule has 3 rings (SSSR count). The molecular formula is C15H17N3O2S. The molecule has 1 aromatic carbocycles. The lowest BCUT2D eigenvalue weighted by atomic mass is 10.1. The van der Waals surface area contributed by atoms with E-state index in [1.165, 1.54) is 0 Å². The van der Waals surface area contributed by atoms with Gasteiger partial charge in [0.1, 0.15) is 6.54 Å². The summed E-state index contributed by atoms with van der Waals surface area (Å²) in [4.78, 5) is 26.0. The second-order valence-corrected chi connectivity index (χ2v) is 6.00. The van der Waals surface area contributed by atoms with Crippen LogP contribution in [0.25, 0.3) is 11.3 Å². The Labute approximate surface area is 126 Å². The van der Waals surface area contributed by atoms with Crippen LogP contribution in [0, 0.1) is 0 Å². The molecule has 1 aliphatic heterocycles. The Morgan fingerprint density at radius 2 is 1.86 bits per heavy atom. The highest BCUT2D eigenvalue weighted by molar-refractivity contribution is 7.07. The van der Waals surface area contributed by atoms with Crippen LogP contribution in [-0.4, -0.2) is 28.5 Å². The normalized spacial score (nSPS) is 14.6. The maximum atomic E-state index is 12.3. The highest BCUT2D eigenvalue weighted by Crippen LogP contribution is 2.21. The largest absolute Gasteiger partial charge is 0.399 e. The molecule has 0 spiro atoms. The van der Waals surface area contributed by atoms with Gasteiger partial charge in [0.15, 0.2) is 0 Å². The zero-order chi connectivity index (χ0) is 14.8. The summed E-state index contributed by atoms with van der Waals surface area (Å²) in [6.45, 7) is 1.71. The molecule has 0 bridgehead atoms. The van der Waals surface area contributed by atoms with Gasteiger partial charge >= 0.3 is 4.87 Å². The van der Waals surface area contributed by atoms with Crippen molar-refractivity contribution in [2.24, 2.45) is 0 Å². The molecule has 2 heterocycles. The van der Waals surface area contributed by atoms with E-state index in [9.17, 15) is 9.59 Å². The van der Waals surface area contributed by atoms with Crippen LogP contribution in [0.15, 0.2) is 34.4 Å².